The Bertz CT molecular complexity index is 403. The van der Waals surface area contributed by atoms with E-state index >= 15 is 0 Å². The van der Waals surface area contributed by atoms with E-state index in [1.54, 1.807) is 0 Å². The van der Waals surface area contributed by atoms with E-state index < -0.39 is 0 Å². The van der Waals surface area contributed by atoms with Crippen LogP contribution in [0.15, 0.2) is 30.9 Å². The first kappa shape index (κ1) is 13.0. The smallest absolute Gasteiger partial charge is 0.127 e. The Hall–Kier alpha value is -1.48. The summed E-state index contributed by atoms with van der Waals surface area (Å²) < 4.78 is 11.2. The summed E-state index contributed by atoms with van der Waals surface area (Å²) in [4.78, 5) is 0. The highest BCUT2D eigenvalue weighted by Crippen LogP contribution is 2.33. The van der Waals surface area contributed by atoms with Crippen LogP contribution < -0.4 is 15.2 Å². The molecular weight excluding hydrogens is 226 g/mol. The molecule has 1 heterocycles. The molecule has 1 atom stereocenters. The zero-order chi connectivity index (χ0) is 12.8. The minimum Gasteiger partial charge on any atom is -0.493 e. The fourth-order valence-corrected chi connectivity index (χ4v) is 2.06. The molecule has 1 aromatic carbocycles. The van der Waals surface area contributed by atoms with E-state index in [2.05, 4.69) is 6.58 Å². The monoisotopic (exact) mass is 247 g/mol. The van der Waals surface area contributed by atoms with Gasteiger partial charge in [-0.2, -0.15) is 0 Å². The Morgan fingerprint density at radius 3 is 3.11 bits per heavy atom. The zero-order valence-electron chi connectivity index (χ0n) is 10.7. The van der Waals surface area contributed by atoms with Gasteiger partial charge in [-0.3, -0.25) is 0 Å². The van der Waals surface area contributed by atoms with Gasteiger partial charge in [0.25, 0.3) is 0 Å². The van der Waals surface area contributed by atoms with Crippen LogP contribution in [0, 0.1) is 0 Å². The van der Waals surface area contributed by atoms with Gasteiger partial charge in [-0.05, 0) is 37.8 Å². The van der Waals surface area contributed by atoms with Crippen LogP contribution in [0.2, 0.25) is 0 Å². The van der Waals surface area contributed by atoms with Crippen LogP contribution in [-0.2, 0) is 0 Å². The summed E-state index contributed by atoms with van der Waals surface area (Å²) in [5, 5.41) is 0. The second-order valence-corrected chi connectivity index (χ2v) is 4.60. The lowest BCUT2D eigenvalue weighted by atomic mass is 10.1. The molecule has 1 aromatic rings. The van der Waals surface area contributed by atoms with Gasteiger partial charge in [0.1, 0.15) is 18.1 Å². The van der Waals surface area contributed by atoms with Crippen LogP contribution >= 0.6 is 0 Å². The average molecular weight is 247 g/mol. The van der Waals surface area contributed by atoms with Gasteiger partial charge in [0.15, 0.2) is 0 Å². The Morgan fingerprint density at radius 1 is 1.39 bits per heavy atom. The number of fused-ring (bicyclic) bond motifs is 1. The van der Waals surface area contributed by atoms with Gasteiger partial charge >= 0.3 is 0 Å². The van der Waals surface area contributed by atoms with Crippen molar-refractivity contribution in [1.29, 1.82) is 0 Å². The minimum absolute atomic E-state index is 0.00736. The zero-order valence-corrected chi connectivity index (χ0v) is 10.7. The van der Waals surface area contributed by atoms with Crippen LogP contribution in [0.1, 0.15) is 37.3 Å². The molecular formula is C15H21NO2. The number of benzene rings is 1. The van der Waals surface area contributed by atoms with Gasteiger partial charge in [-0.25, -0.2) is 0 Å². The molecule has 1 unspecified atom stereocenters. The van der Waals surface area contributed by atoms with E-state index in [9.17, 15) is 0 Å². The van der Waals surface area contributed by atoms with Gasteiger partial charge in [-0.1, -0.05) is 6.08 Å². The molecule has 0 radical (unpaired) electrons. The molecule has 3 heteroatoms. The van der Waals surface area contributed by atoms with Crippen molar-refractivity contribution in [3.8, 4) is 11.5 Å². The summed E-state index contributed by atoms with van der Waals surface area (Å²) in [7, 11) is 0. The number of rotatable bonds is 7. The van der Waals surface area contributed by atoms with Crippen molar-refractivity contribution in [2.75, 3.05) is 13.2 Å². The van der Waals surface area contributed by atoms with Crippen LogP contribution in [0.4, 0.5) is 0 Å². The van der Waals surface area contributed by atoms with Crippen molar-refractivity contribution in [3.63, 3.8) is 0 Å². The molecule has 0 fully saturated rings. The fourth-order valence-electron chi connectivity index (χ4n) is 2.06. The normalized spacial score (nSPS) is 17.1. The summed E-state index contributed by atoms with van der Waals surface area (Å²) in [6, 6.07) is 5.91. The predicted molar refractivity (Wildman–Crippen MR) is 73.0 cm³/mol. The van der Waals surface area contributed by atoms with Crippen LogP contribution in [0.25, 0.3) is 0 Å². The molecule has 0 saturated carbocycles. The SMILES string of the molecule is C=CCCCCCOc1ccc2c(c1)OCC2N. The number of unbranched alkanes of at least 4 members (excludes halogenated alkanes) is 3. The van der Waals surface area contributed by atoms with Crippen LogP contribution in [0.5, 0.6) is 11.5 Å². The largest absolute Gasteiger partial charge is 0.493 e. The summed E-state index contributed by atoms with van der Waals surface area (Å²) in [5.41, 5.74) is 6.97. The standard InChI is InChI=1S/C15H21NO2/c1-2-3-4-5-6-9-17-12-7-8-13-14(16)11-18-15(13)10-12/h2,7-8,10,14H,1,3-6,9,11,16H2. The third-order valence-corrected chi connectivity index (χ3v) is 3.12. The van der Waals surface area contributed by atoms with E-state index in [1.807, 2.05) is 24.3 Å². The number of hydrogen-bond acceptors (Lipinski definition) is 3. The molecule has 1 aliphatic rings. The molecule has 2 N–H and O–H groups in total. The van der Waals surface area contributed by atoms with Gasteiger partial charge in [0.2, 0.25) is 0 Å². The first-order valence-electron chi connectivity index (χ1n) is 6.57. The average Bonchev–Trinajstić information content (AvgIpc) is 2.75. The minimum atomic E-state index is 0.00736. The molecule has 98 valence electrons. The number of hydrogen-bond donors (Lipinski definition) is 1. The summed E-state index contributed by atoms with van der Waals surface area (Å²) in [6.45, 7) is 5.03. The third kappa shape index (κ3) is 3.26. The molecule has 0 aromatic heterocycles. The van der Waals surface area contributed by atoms with Gasteiger partial charge in [-0.15, -0.1) is 6.58 Å². The van der Waals surface area contributed by atoms with Gasteiger partial charge in [0.05, 0.1) is 12.6 Å². The van der Waals surface area contributed by atoms with Gasteiger partial charge in [0, 0.05) is 11.6 Å². The van der Waals surface area contributed by atoms with E-state index in [1.165, 1.54) is 12.8 Å². The highest BCUT2D eigenvalue weighted by Gasteiger charge is 2.20. The van der Waals surface area contributed by atoms with Crippen LogP contribution in [0.3, 0.4) is 0 Å². The Balaban J connectivity index is 1.75. The molecule has 2 rings (SSSR count). The lowest BCUT2D eigenvalue weighted by molar-refractivity contribution is 0.300. The Kier molecular flexibility index (Phi) is 4.65. The van der Waals surface area contributed by atoms with Crippen molar-refractivity contribution in [2.24, 2.45) is 5.73 Å². The lowest BCUT2D eigenvalue weighted by Gasteiger charge is -2.07. The number of nitrogens with two attached hydrogens (primary N) is 1. The number of allylic oxidation sites excluding steroid dienone is 1. The highest BCUT2D eigenvalue weighted by atomic mass is 16.5. The van der Waals surface area contributed by atoms with E-state index in [4.69, 9.17) is 15.2 Å². The maximum atomic E-state index is 5.89. The summed E-state index contributed by atoms with van der Waals surface area (Å²) in [5.74, 6) is 1.73. The van der Waals surface area contributed by atoms with Crippen molar-refractivity contribution >= 4 is 0 Å². The first-order valence-corrected chi connectivity index (χ1v) is 6.57. The van der Waals surface area contributed by atoms with E-state index in [0.717, 1.165) is 36.5 Å². The summed E-state index contributed by atoms with van der Waals surface area (Å²) in [6.07, 6.45) is 6.49. The number of ether oxygens (including phenoxy) is 2. The Morgan fingerprint density at radius 2 is 2.28 bits per heavy atom. The molecule has 0 amide bonds. The topological polar surface area (TPSA) is 44.5 Å². The van der Waals surface area contributed by atoms with Gasteiger partial charge < -0.3 is 15.2 Å². The molecule has 0 spiro atoms. The quantitative estimate of drug-likeness (QED) is 0.594. The second-order valence-electron chi connectivity index (χ2n) is 4.60. The molecule has 0 bridgehead atoms. The van der Waals surface area contributed by atoms with E-state index in [0.29, 0.717) is 6.61 Å². The first-order chi connectivity index (χ1) is 8.81. The molecule has 18 heavy (non-hydrogen) atoms. The van der Waals surface area contributed by atoms with Crippen molar-refractivity contribution in [1.82, 2.24) is 0 Å². The lowest BCUT2D eigenvalue weighted by Crippen LogP contribution is -2.10. The van der Waals surface area contributed by atoms with Crippen molar-refractivity contribution in [3.05, 3.63) is 36.4 Å². The third-order valence-electron chi connectivity index (χ3n) is 3.12. The fraction of sp³-hybridized carbons (Fsp3) is 0.467. The molecule has 3 nitrogen and oxygen atoms in total. The molecule has 0 aliphatic carbocycles. The summed E-state index contributed by atoms with van der Waals surface area (Å²) >= 11 is 0. The highest BCUT2D eigenvalue weighted by molar-refractivity contribution is 5.44. The van der Waals surface area contributed by atoms with Crippen LogP contribution in [-0.4, -0.2) is 13.2 Å². The maximum Gasteiger partial charge on any atom is 0.127 e. The molecule has 1 aliphatic heterocycles. The van der Waals surface area contributed by atoms with Crippen molar-refractivity contribution < 1.29 is 9.47 Å². The maximum absolute atomic E-state index is 5.89. The predicted octanol–water partition coefficient (Wildman–Crippen LogP) is 3.20. The second kappa shape index (κ2) is 6.45. The molecule has 0 saturated heterocycles. The van der Waals surface area contributed by atoms with Crippen molar-refractivity contribution in [2.45, 2.75) is 31.7 Å². The van der Waals surface area contributed by atoms with E-state index in [-0.39, 0.29) is 6.04 Å². The Labute approximate surface area is 109 Å².